The molecule has 0 saturated carbocycles. The third kappa shape index (κ3) is 2.04. The second-order valence-electron chi connectivity index (χ2n) is 4.55. The van der Waals surface area contributed by atoms with E-state index in [2.05, 4.69) is 0 Å². The monoisotopic (exact) mass is 301 g/mol. The van der Waals surface area contributed by atoms with E-state index in [0.717, 1.165) is 0 Å². The zero-order chi connectivity index (χ0) is 14.4. The van der Waals surface area contributed by atoms with Gasteiger partial charge in [-0.05, 0) is 19.9 Å². The van der Waals surface area contributed by atoms with Gasteiger partial charge in [0, 0.05) is 18.5 Å². The lowest BCUT2D eigenvalue weighted by atomic mass is 9.90. The highest BCUT2D eigenvalue weighted by Crippen LogP contribution is 2.48. The molecule has 1 heterocycles. The van der Waals surface area contributed by atoms with Crippen molar-refractivity contribution < 1.29 is 14.7 Å². The zero-order valence-electron chi connectivity index (χ0n) is 10.5. The molecule has 1 unspecified atom stereocenters. The maximum Gasteiger partial charge on any atom is 0.264 e. The minimum absolute atomic E-state index is 0.217. The Morgan fingerprint density at radius 2 is 2.05 bits per heavy atom. The fraction of sp³-hybridized carbons (Fsp3) is 0.385. The first-order valence-electron chi connectivity index (χ1n) is 5.85. The molecule has 6 heteroatoms. The van der Waals surface area contributed by atoms with Crippen LogP contribution in [0.2, 0.25) is 10.0 Å². The van der Waals surface area contributed by atoms with Crippen molar-refractivity contribution in [2.45, 2.75) is 25.9 Å². The molecule has 0 aliphatic carbocycles. The number of Topliss-reactive ketones (excluding diaryl/α,β-unsaturated/α-hetero) is 1. The number of nitrogens with zero attached hydrogens (tertiary/aromatic N) is 1. The number of fused-ring (bicyclic) bond motifs is 1. The van der Waals surface area contributed by atoms with Crippen LogP contribution in [0, 0.1) is 0 Å². The Morgan fingerprint density at radius 1 is 1.42 bits per heavy atom. The molecular weight excluding hydrogens is 289 g/mol. The standard InChI is InChI=1S/C13H13Cl2NO3/c1-3-16-11-8(4-5-9(14)10(11)15)13(19,12(16)18)6-7(2)17/h4-5,19H,3,6H2,1-2H3. The minimum Gasteiger partial charge on any atom is -0.375 e. The first kappa shape index (κ1) is 14.3. The lowest BCUT2D eigenvalue weighted by Crippen LogP contribution is -2.41. The van der Waals surface area contributed by atoms with E-state index in [1.165, 1.54) is 17.9 Å². The number of likely N-dealkylation sites (N-methyl/N-ethyl adjacent to an activating group) is 1. The molecule has 1 atom stereocenters. The Labute approximate surface area is 120 Å². The van der Waals surface area contributed by atoms with E-state index in [-0.39, 0.29) is 17.2 Å². The van der Waals surface area contributed by atoms with E-state index < -0.39 is 11.5 Å². The molecule has 0 spiro atoms. The van der Waals surface area contributed by atoms with Crippen LogP contribution in [0.5, 0.6) is 0 Å². The molecule has 0 aromatic heterocycles. The van der Waals surface area contributed by atoms with Crippen molar-refractivity contribution in [1.82, 2.24) is 0 Å². The first-order chi connectivity index (χ1) is 8.82. The molecule has 1 N–H and O–H groups in total. The van der Waals surface area contributed by atoms with Gasteiger partial charge in [-0.1, -0.05) is 29.3 Å². The molecule has 0 radical (unpaired) electrons. The fourth-order valence-electron chi connectivity index (χ4n) is 2.41. The molecule has 0 fully saturated rings. The van der Waals surface area contributed by atoms with E-state index in [0.29, 0.717) is 22.8 Å². The second kappa shape index (κ2) is 4.78. The quantitative estimate of drug-likeness (QED) is 0.933. The maximum absolute atomic E-state index is 12.3. The molecule has 1 aromatic carbocycles. The van der Waals surface area contributed by atoms with Gasteiger partial charge in [-0.3, -0.25) is 9.59 Å². The van der Waals surface area contributed by atoms with Gasteiger partial charge < -0.3 is 10.0 Å². The number of carbonyl (C=O) groups excluding carboxylic acids is 2. The maximum atomic E-state index is 12.3. The number of benzene rings is 1. The average Bonchev–Trinajstić information content (AvgIpc) is 2.53. The summed E-state index contributed by atoms with van der Waals surface area (Å²) < 4.78 is 0. The van der Waals surface area contributed by atoms with E-state index in [1.807, 2.05) is 0 Å². The summed E-state index contributed by atoms with van der Waals surface area (Å²) in [7, 11) is 0. The van der Waals surface area contributed by atoms with Gasteiger partial charge in [0.15, 0.2) is 5.60 Å². The molecule has 2 rings (SSSR count). The highest BCUT2D eigenvalue weighted by Gasteiger charge is 2.51. The van der Waals surface area contributed by atoms with Crippen molar-refractivity contribution in [3.8, 4) is 0 Å². The highest BCUT2D eigenvalue weighted by atomic mass is 35.5. The topological polar surface area (TPSA) is 57.6 Å². The van der Waals surface area contributed by atoms with Gasteiger partial charge in [0.1, 0.15) is 5.78 Å². The van der Waals surface area contributed by atoms with E-state index in [1.54, 1.807) is 13.0 Å². The van der Waals surface area contributed by atoms with Gasteiger partial charge in [0.25, 0.3) is 5.91 Å². The van der Waals surface area contributed by atoms with Crippen LogP contribution in [0.15, 0.2) is 12.1 Å². The largest absolute Gasteiger partial charge is 0.375 e. The van der Waals surface area contributed by atoms with Crippen LogP contribution >= 0.6 is 23.2 Å². The SMILES string of the molecule is CCN1C(=O)C(O)(CC(C)=O)c2ccc(Cl)c(Cl)c21. The molecule has 4 nitrogen and oxygen atoms in total. The Hall–Kier alpha value is -1.10. The summed E-state index contributed by atoms with van der Waals surface area (Å²) in [6.45, 7) is 3.43. The van der Waals surface area contributed by atoms with Crippen LogP contribution < -0.4 is 4.90 Å². The highest BCUT2D eigenvalue weighted by molar-refractivity contribution is 6.44. The van der Waals surface area contributed by atoms with Gasteiger partial charge in [-0.25, -0.2) is 0 Å². The molecule has 1 aliphatic rings. The summed E-state index contributed by atoms with van der Waals surface area (Å²) in [5.74, 6) is -0.810. The third-order valence-corrected chi connectivity index (χ3v) is 4.00. The Kier molecular flexibility index (Phi) is 3.60. The summed E-state index contributed by atoms with van der Waals surface area (Å²) in [5.41, 5.74) is -1.11. The van der Waals surface area contributed by atoms with E-state index >= 15 is 0 Å². The molecular formula is C13H13Cl2NO3. The van der Waals surface area contributed by atoms with Crippen LogP contribution in [-0.2, 0) is 15.2 Å². The second-order valence-corrected chi connectivity index (χ2v) is 5.33. The lowest BCUT2D eigenvalue weighted by molar-refractivity contribution is -0.141. The van der Waals surface area contributed by atoms with Crippen molar-refractivity contribution in [2.24, 2.45) is 0 Å². The molecule has 1 amide bonds. The Bertz CT molecular complexity index is 573. The van der Waals surface area contributed by atoms with Crippen molar-refractivity contribution in [2.75, 3.05) is 11.4 Å². The molecule has 102 valence electrons. The zero-order valence-corrected chi connectivity index (χ0v) is 12.0. The number of carbonyl (C=O) groups is 2. The number of rotatable bonds is 3. The van der Waals surface area contributed by atoms with Gasteiger partial charge in [-0.2, -0.15) is 0 Å². The van der Waals surface area contributed by atoms with Gasteiger partial charge >= 0.3 is 0 Å². The number of anilines is 1. The van der Waals surface area contributed by atoms with E-state index in [9.17, 15) is 14.7 Å². The number of aliphatic hydroxyl groups is 1. The van der Waals surface area contributed by atoms with Gasteiger partial charge in [-0.15, -0.1) is 0 Å². The summed E-state index contributed by atoms with van der Waals surface area (Å²) in [6.07, 6.45) is -0.271. The molecule has 0 bridgehead atoms. The van der Waals surface area contributed by atoms with Crippen LogP contribution in [0.25, 0.3) is 0 Å². The number of halogens is 2. The predicted octanol–water partition coefficient (Wildman–Crippen LogP) is 2.53. The fourth-order valence-corrected chi connectivity index (χ4v) is 2.83. The van der Waals surface area contributed by atoms with Crippen LogP contribution in [0.4, 0.5) is 5.69 Å². The van der Waals surface area contributed by atoms with Crippen LogP contribution in [-0.4, -0.2) is 23.3 Å². The summed E-state index contributed by atoms with van der Waals surface area (Å²) >= 11 is 12.1. The van der Waals surface area contributed by atoms with Crippen LogP contribution in [0.3, 0.4) is 0 Å². The Morgan fingerprint density at radius 3 is 2.58 bits per heavy atom. The number of hydrogen-bond acceptors (Lipinski definition) is 3. The molecule has 0 saturated heterocycles. The number of hydrogen-bond donors (Lipinski definition) is 1. The van der Waals surface area contributed by atoms with Crippen molar-refractivity contribution in [3.05, 3.63) is 27.7 Å². The number of amides is 1. The lowest BCUT2D eigenvalue weighted by Gasteiger charge is -2.21. The first-order valence-corrected chi connectivity index (χ1v) is 6.60. The Balaban J connectivity index is 2.68. The average molecular weight is 302 g/mol. The van der Waals surface area contributed by atoms with Crippen LogP contribution in [0.1, 0.15) is 25.8 Å². The summed E-state index contributed by atoms with van der Waals surface area (Å²) in [5, 5.41) is 11.1. The molecule has 19 heavy (non-hydrogen) atoms. The predicted molar refractivity (Wildman–Crippen MR) is 73.7 cm³/mol. The smallest absolute Gasteiger partial charge is 0.264 e. The minimum atomic E-state index is -1.84. The van der Waals surface area contributed by atoms with Gasteiger partial charge in [0.05, 0.1) is 15.7 Å². The normalized spacial score (nSPS) is 21.7. The van der Waals surface area contributed by atoms with Crippen molar-refractivity contribution >= 4 is 40.6 Å². The number of ketones is 1. The summed E-state index contributed by atoms with van der Waals surface area (Å²) in [4.78, 5) is 25.0. The summed E-state index contributed by atoms with van der Waals surface area (Å²) in [6, 6.07) is 3.06. The molecule has 1 aliphatic heterocycles. The van der Waals surface area contributed by atoms with E-state index in [4.69, 9.17) is 23.2 Å². The molecule has 1 aromatic rings. The van der Waals surface area contributed by atoms with Crippen molar-refractivity contribution in [1.29, 1.82) is 0 Å². The van der Waals surface area contributed by atoms with Gasteiger partial charge in [0.2, 0.25) is 0 Å². The van der Waals surface area contributed by atoms with Crippen molar-refractivity contribution in [3.63, 3.8) is 0 Å². The third-order valence-electron chi connectivity index (χ3n) is 3.20.